The lowest BCUT2D eigenvalue weighted by Gasteiger charge is -2.51. The van der Waals surface area contributed by atoms with Crippen molar-refractivity contribution < 1.29 is 18.0 Å². The van der Waals surface area contributed by atoms with Gasteiger partial charge in [-0.1, -0.05) is 19.1 Å². The third-order valence-corrected chi connectivity index (χ3v) is 9.75. The Labute approximate surface area is 161 Å². The predicted molar refractivity (Wildman–Crippen MR) is 103 cm³/mol. The summed E-state index contributed by atoms with van der Waals surface area (Å²) in [6, 6.07) is -0.0430. The van der Waals surface area contributed by atoms with E-state index < -0.39 is 14.6 Å². The second-order valence-corrected chi connectivity index (χ2v) is 11.9. The van der Waals surface area contributed by atoms with E-state index >= 15 is 0 Å². The molecular weight excluding hydrogens is 364 g/mol. The van der Waals surface area contributed by atoms with Gasteiger partial charge >= 0.3 is 0 Å². The van der Waals surface area contributed by atoms with Gasteiger partial charge in [-0.3, -0.25) is 9.59 Å². The first-order valence-corrected chi connectivity index (χ1v) is 11.8. The fourth-order valence-corrected chi connectivity index (χ4v) is 7.33. The molecule has 2 amide bonds. The number of nitrogens with one attached hydrogen (secondary N) is 2. The van der Waals surface area contributed by atoms with Gasteiger partial charge in [0.05, 0.1) is 10.5 Å². The average molecular weight is 395 g/mol. The number of rotatable bonds is 5. The standard InChI is InChI=1S/C20H30N2O4S/c1-19(7-8-19)18(24)22-16-6-9-27(25,26)20(12-16)10-14(11-20)13-21-17(23)15-4-2-3-5-15/h2-3,14-16H,4-13H2,1H3,(H,21,23)(H,22,24). The lowest BCUT2D eigenvalue weighted by molar-refractivity contribution is -0.127. The molecule has 3 aliphatic carbocycles. The van der Waals surface area contributed by atoms with Gasteiger partial charge < -0.3 is 10.6 Å². The van der Waals surface area contributed by atoms with Crippen molar-refractivity contribution in [3.8, 4) is 0 Å². The van der Waals surface area contributed by atoms with Gasteiger partial charge in [0.15, 0.2) is 9.84 Å². The molecule has 1 saturated heterocycles. The highest BCUT2D eigenvalue weighted by Crippen LogP contribution is 2.50. The van der Waals surface area contributed by atoms with E-state index in [2.05, 4.69) is 10.6 Å². The van der Waals surface area contributed by atoms with E-state index in [1.807, 2.05) is 19.1 Å². The molecule has 1 spiro atoms. The third-order valence-electron chi connectivity index (χ3n) is 7.16. The van der Waals surface area contributed by atoms with Gasteiger partial charge in [-0.25, -0.2) is 8.42 Å². The molecule has 0 aromatic heterocycles. The molecule has 2 saturated carbocycles. The first-order valence-electron chi connectivity index (χ1n) is 10.2. The molecule has 1 unspecified atom stereocenters. The van der Waals surface area contributed by atoms with Crippen molar-refractivity contribution in [3.05, 3.63) is 12.2 Å². The first-order chi connectivity index (χ1) is 12.7. The number of hydrogen-bond acceptors (Lipinski definition) is 4. The zero-order valence-corrected chi connectivity index (χ0v) is 16.8. The number of carbonyl (C=O) groups is 2. The zero-order valence-electron chi connectivity index (χ0n) is 16.0. The van der Waals surface area contributed by atoms with Gasteiger partial charge in [0.25, 0.3) is 0 Å². The van der Waals surface area contributed by atoms with E-state index in [1.165, 1.54) is 0 Å². The van der Waals surface area contributed by atoms with Gasteiger partial charge in [-0.2, -0.15) is 0 Å². The van der Waals surface area contributed by atoms with E-state index in [4.69, 9.17) is 0 Å². The minimum atomic E-state index is -3.14. The van der Waals surface area contributed by atoms with Crippen molar-refractivity contribution in [2.45, 2.75) is 69.1 Å². The van der Waals surface area contributed by atoms with E-state index in [-0.39, 0.29) is 40.9 Å². The van der Waals surface area contributed by atoms with Crippen LogP contribution in [0.5, 0.6) is 0 Å². The molecule has 6 nitrogen and oxygen atoms in total. The Balaban J connectivity index is 1.30. The fourth-order valence-electron chi connectivity index (χ4n) is 4.87. The highest BCUT2D eigenvalue weighted by atomic mass is 32.2. The van der Waals surface area contributed by atoms with E-state index in [9.17, 15) is 18.0 Å². The van der Waals surface area contributed by atoms with Crippen LogP contribution in [0.25, 0.3) is 0 Å². The summed E-state index contributed by atoms with van der Waals surface area (Å²) in [5.41, 5.74) is -0.231. The maximum atomic E-state index is 12.7. The average Bonchev–Trinajstić information content (AvgIpc) is 3.11. The van der Waals surface area contributed by atoms with Gasteiger partial charge in [0.1, 0.15) is 0 Å². The van der Waals surface area contributed by atoms with E-state index in [0.29, 0.717) is 32.2 Å². The summed E-state index contributed by atoms with van der Waals surface area (Å²) in [5, 5.41) is 6.11. The topological polar surface area (TPSA) is 92.3 Å². The minimum Gasteiger partial charge on any atom is -0.356 e. The lowest BCUT2D eigenvalue weighted by Crippen LogP contribution is -2.60. The molecule has 4 aliphatic rings. The molecular formula is C20H30N2O4S. The van der Waals surface area contributed by atoms with E-state index in [0.717, 1.165) is 25.7 Å². The summed E-state index contributed by atoms with van der Waals surface area (Å²) < 4.78 is 24.7. The van der Waals surface area contributed by atoms with Crippen LogP contribution in [0.4, 0.5) is 0 Å². The molecule has 1 atom stereocenters. The summed E-state index contributed by atoms with van der Waals surface area (Å²) in [4.78, 5) is 24.5. The van der Waals surface area contributed by atoms with Crippen molar-refractivity contribution in [1.29, 1.82) is 0 Å². The van der Waals surface area contributed by atoms with Crippen LogP contribution in [0.2, 0.25) is 0 Å². The summed E-state index contributed by atoms with van der Waals surface area (Å²) >= 11 is 0. The van der Waals surface area contributed by atoms with Crippen LogP contribution in [0.1, 0.15) is 58.3 Å². The van der Waals surface area contributed by atoms with Crippen molar-refractivity contribution >= 4 is 21.7 Å². The molecule has 150 valence electrons. The molecule has 0 bridgehead atoms. The maximum Gasteiger partial charge on any atom is 0.226 e. The Morgan fingerprint density at radius 1 is 1.11 bits per heavy atom. The van der Waals surface area contributed by atoms with E-state index in [1.54, 1.807) is 0 Å². The quantitative estimate of drug-likeness (QED) is 0.695. The van der Waals surface area contributed by atoms with Crippen LogP contribution in [-0.4, -0.2) is 43.3 Å². The van der Waals surface area contributed by atoms with Crippen molar-refractivity contribution in [2.24, 2.45) is 17.3 Å². The molecule has 4 rings (SSSR count). The fraction of sp³-hybridized carbons (Fsp3) is 0.800. The van der Waals surface area contributed by atoms with Crippen LogP contribution in [0, 0.1) is 17.3 Å². The van der Waals surface area contributed by atoms with Gasteiger partial charge in [-0.15, -0.1) is 0 Å². The molecule has 0 aromatic carbocycles. The minimum absolute atomic E-state index is 0.0424. The highest BCUT2D eigenvalue weighted by molar-refractivity contribution is 7.92. The molecule has 3 fully saturated rings. The molecule has 27 heavy (non-hydrogen) atoms. The monoisotopic (exact) mass is 394 g/mol. The van der Waals surface area contributed by atoms with Crippen LogP contribution < -0.4 is 10.6 Å². The largest absolute Gasteiger partial charge is 0.356 e. The Morgan fingerprint density at radius 2 is 1.78 bits per heavy atom. The van der Waals surface area contributed by atoms with Gasteiger partial charge in [-0.05, 0) is 57.3 Å². The summed E-state index contributed by atoms with van der Waals surface area (Å²) in [7, 11) is -3.14. The number of hydrogen-bond donors (Lipinski definition) is 2. The second-order valence-electron chi connectivity index (χ2n) is 9.38. The third kappa shape index (κ3) is 3.55. The highest BCUT2D eigenvalue weighted by Gasteiger charge is 2.57. The zero-order chi connectivity index (χ0) is 19.3. The van der Waals surface area contributed by atoms with Crippen molar-refractivity contribution in [2.75, 3.05) is 12.3 Å². The van der Waals surface area contributed by atoms with Crippen molar-refractivity contribution in [1.82, 2.24) is 10.6 Å². The Kier molecular flexibility index (Phi) is 4.64. The number of carbonyl (C=O) groups excluding carboxylic acids is 2. The Bertz CT molecular complexity index is 755. The van der Waals surface area contributed by atoms with Crippen LogP contribution in [0.3, 0.4) is 0 Å². The molecule has 0 radical (unpaired) electrons. The van der Waals surface area contributed by atoms with Crippen LogP contribution in [-0.2, 0) is 19.4 Å². The smallest absolute Gasteiger partial charge is 0.226 e. The normalized spacial score (nSPS) is 36.2. The summed E-state index contributed by atoms with van der Waals surface area (Å²) in [6.45, 7) is 2.53. The Morgan fingerprint density at radius 3 is 2.41 bits per heavy atom. The second kappa shape index (κ2) is 6.61. The SMILES string of the molecule is CC1(C(=O)NC2CCS(=O)(=O)C3(CC(CNC(=O)C4CC=CC4)C3)C2)CC1. The van der Waals surface area contributed by atoms with Crippen molar-refractivity contribution in [3.63, 3.8) is 0 Å². The maximum absolute atomic E-state index is 12.7. The first kappa shape index (κ1) is 19.0. The Hall–Kier alpha value is -1.37. The predicted octanol–water partition coefficient (Wildman–Crippen LogP) is 1.71. The number of allylic oxidation sites excluding steroid dienone is 2. The van der Waals surface area contributed by atoms with Crippen LogP contribution in [0.15, 0.2) is 12.2 Å². The molecule has 1 aliphatic heterocycles. The molecule has 2 N–H and O–H groups in total. The molecule has 7 heteroatoms. The van der Waals surface area contributed by atoms with Crippen LogP contribution >= 0.6 is 0 Å². The summed E-state index contributed by atoms with van der Waals surface area (Å²) in [5.74, 6) is 0.571. The summed E-state index contributed by atoms with van der Waals surface area (Å²) in [6.07, 6.45) is 9.76. The number of sulfone groups is 1. The lowest BCUT2D eigenvalue weighted by atomic mass is 9.70. The van der Waals surface area contributed by atoms with Gasteiger partial charge in [0, 0.05) is 23.9 Å². The molecule has 1 heterocycles. The number of amides is 2. The molecule has 0 aromatic rings. The van der Waals surface area contributed by atoms with Gasteiger partial charge in [0.2, 0.25) is 11.8 Å².